The molecule has 4 aromatic rings. The van der Waals surface area contributed by atoms with Gasteiger partial charge in [-0.15, -0.1) is 0 Å². The lowest BCUT2D eigenvalue weighted by Crippen LogP contribution is -2.16. The van der Waals surface area contributed by atoms with Crippen LogP contribution in [0.1, 0.15) is 26.3 Å². The topological polar surface area (TPSA) is 112 Å². The van der Waals surface area contributed by atoms with Gasteiger partial charge in [-0.05, 0) is 37.3 Å². The Hall–Kier alpha value is -4.39. The molecule has 160 valence electrons. The average Bonchev–Trinajstić information content (AvgIpc) is 2.81. The van der Waals surface area contributed by atoms with Gasteiger partial charge in [-0.1, -0.05) is 36.4 Å². The fraction of sp³-hybridized carbons (Fsp3) is 0.0800. The third-order valence-corrected chi connectivity index (χ3v) is 5.16. The number of methoxy groups -OCH3 is 1. The number of fused-ring (bicyclic) bond motifs is 1. The van der Waals surface area contributed by atoms with Crippen molar-refractivity contribution in [3.05, 3.63) is 93.6 Å². The highest BCUT2D eigenvalue weighted by molar-refractivity contribution is 6.12. The first-order valence-corrected chi connectivity index (χ1v) is 9.81. The molecule has 4 rings (SSSR count). The molecule has 0 saturated heterocycles. The zero-order valence-corrected chi connectivity index (χ0v) is 17.5. The Morgan fingerprint density at radius 2 is 1.75 bits per heavy atom. The monoisotopic (exact) mass is 428 g/mol. The van der Waals surface area contributed by atoms with Gasteiger partial charge in [0.25, 0.3) is 5.91 Å². The van der Waals surface area contributed by atoms with Crippen LogP contribution in [-0.4, -0.2) is 18.9 Å². The quantitative estimate of drug-likeness (QED) is 0.496. The minimum absolute atomic E-state index is 0.170. The number of nitrogens with one attached hydrogen (secondary N) is 1. The van der Waals surface area contributed by atoms with Gasteiger partial charge in [-0.2, -0.15) is 0 Å². The van der Waals surface area contributed by atoms with Crippen LogP contribution in [0, 0.1) is 6.92 Å². The second kappa shape index (κ2) is 8.39. The maximum Gasteiger partial charge on any atom is 0.259 e. The van der Waals surface area contributed by atoms with Gasteiger partial charge in [-0.25, -0.2) is 0 Å². The lowest BCUT2D eigenvalue weighted by Gasteiger charge is -2.13. The fourth-order valence-electron chi connectivity index (χ4n) is 3.50. The van der Waals surface area contributed by atoms with Crippen LogP contribution in [-0.2, 0) is 0 Å². The van der Waals surface area contributed by atoms with Gasteiger partial charge in [0.2, 0.25) is 5.91 Å². The van der Waals surface area contributed by atoms with Crippen LogP contribution in [0.25, 0.3) is 22.3 Å². The highest BCUT2D eigenvalue weighted by Gasteiger charge is 2.19. The summed E-state index contributed by atoms with van der Waals surface area (Å²) in [7, 11) is 1.45. The predicted molar refractivity (Wildman–Crippen MR) is 122 cm³/mol. The number of hydrogen-bond donors (Lipinski definition) is 2. The molecule has 3 N–H and O–H groups in total. The van der Waals surface area contributed by atoms with Crippen molar-refractivity contribution < 1.29 is 18.7 Å². The van der Waals surface area contributed by atoms with E-state index in [1.807, 2.05) is 30.3 Å². The summed E-state index contributed by atoms with van der Waals surface area (Å²) in [4.78, 5) is 37.7. The summed E-state index contributed by atoms with van der Waals surface area (Å²) in [6, 6.07) is 18.5. The van der Waals surface area contributed by atoms with E-state index in [2.05, 4.69) is 5.32 Å². The zero-order chi connectivity index (χ0) is 22.8. The van der Waals surface area contributed by atoms with Gasteiger partial charge < -0.3 is 20.2 Å². The largest absolute Gasteiger partial charge is 0.495 e. The second-order valence-corrected chi connectivity index (χ2v) is 7.17. The molecule has 0 aliphatic rings. The maximum atomic E-state index is 13.2. The molecule has 0 radical (unpaired) electrons. The van der Waals surface area contributed by atoms with Crippen LogP contribution in [0.2, 0.25) is 0 Å². The van der Waals surface area contributed by atoms with Crippen molar-refractivity contribution in [3.8, 4) is 17.1 Å². The maximum absolute atomic E-state index is 13.2. The first kappa shape index (κ1) is 20.9. The number of para-hydroxylation sites is 1. The normalized spacial score (nSPS) is 10.7. The van der Waals surface area contributed by atoms with Crippen molar-refractivity contribution >= 4 is 28.5 Å². The average molecular weight is 428 g/mol. The second-order valence-electron chi connectivity index (χ2n) is 7.17. The molecule has 0 fully saturated rings. The number of primary amides is 1. The van der Waals surface area contributed by atoms with E-state index in [9.17, 15) is 14.4 Å². The number of carbonyl (C=O) groups is 2. The molecule has 3 aromatic carbocycles. The molecule has 0 aliphatic heterocycles. The number of rotatable bonds is 5. The van der Waals surface area contributed by atoms with Crippen LogP contribution in [0.15, 0.2) is 75.9 Å². The van der Waals surface area contributed by atoms with E-state index in [0.29, 0.717) is 22.5 Å². The molecule has 0 spiro atoms. The molecule has 0 atom stereocenters. The van der Waals surface area contributed by atoms with Crippen molar-refractivity contribution in [2.24, 2.45) is 5.73 Å². The Morgan fingerprint density at radius 1 is 1.00 bits per heavy atom. The summed E-state index contributed by atoms with van der Waals surface area (Å²) >= 11 is 0. The van der Waals surface area contributed by atoms with E-state index in [1.165, 1.54) is 25.3 Å². The van der Waals surface area contributed by atoms with Crippen molar-refractivity contribution in [2.75, 3.05) is 12.4 Å². The van der Waals surface area contributed by atoms with Gasteiger partial charge >= 0.3 is 0 Å². The third-order valence-electron chi connectivity index (χ3n) is 5.16. The van der Waals surface area contributed by atoms with Gasteiger partial charge in [0.15, 0.2) is 11.0 Å². The Balaban J connectivity index is 1.84. The van der Waals surface area contributed by atoms with Crippen molar-refractivity contribution in [1.82, 2.24) is 0 Å². The highest BCUT2D eigenvalue weighted by atomic mass is 16.5. The highest BCUT2D eigenvalue weighted by Crippen LogP contribution is 2.29. The van der Waals surface area contributed by atoms with E-state index in [-0.39, 0.29) is 27.8 Å². The summed E-state index contributed by atoms with van der Waals surface area (Å²) in [6.45, 7) is 1.69. The standard InChI is InChI=1S/C25H20N2O5/c1-14-21(28)17-9-6-10-18(23(17)32-22(14)15-7-4-3-5-8-15)25(30)27-19-13-16(24(26)29)11-12-20(19)31-2/h3-13H,1-2H3,(H2,26,29)(H,27,30). The summed E-state index contributed by atoms with van der Waals surface area (Å²) in [5, 5.41) is 3.02. The number of nitrogens with two attached hydrogens (primary N) is 1. The van der Waals surface area contributed by atoms with Gasteiger partial charge in [0.1, 0.15) is 11.5 Å². The molecule has 1 heterocycles. The SMILES string of the molecule is COc1ccc(C(N)=O)cc1NC(=O)c1cccc2c(=O)c(C)c(-c3ccccc3)oc12. The molecule has 0 bridgehead atoms. The molecule has 1 aromatic heterocycles. The molecule has 7 heteroatoms. The van der Waals surface area contributed by atoms with Crippen LogP contribution in [0.3, 0.4) is 0 Å². The first-order chi connectivity index (χ1) is 15.4. The van der Waals surface area contributed by atoms with Crippen LogP contribution in [0.5, 0.6) is 5.75 Å². The lowest BCUT2D eigenvalue weighted by atomic mass is 10.0. The van der Waals surface area contributed by atoms with E-state index < -0.39 is 11.8 Å². The summed E-state index contributed by atoms with van der Waals surface area (Å²) in [6.07, 6.45) is 0. The Kier molecular flexibility index (Phi) is 5.47. The molecule has 32 heavy (non-hydrogen) atoms. The van der Waals surface area contributed by atoms with Crippen LogP contribution >= 0.6 is 0 Å². The minimum Gasteiger partial charge on any atom is -0.495 e. The zero-order valence-electron chi connectivity index (χ0n) is 17.5. The molecule has 0 saturated carbocycles. The Bertz CT molecular complexity index is 1410. The number of anilines is 1. The molecule has 0 aliphatic carbocycles. The third kappa shape index (κ3) is 3.72. The number of benzene rings is 3. The Labute approximate surface area is 183 Å². The fourth-order valence-corrected chi connectivity index (χ4v) is 3.50. The van der Waals surface area contributed by atoms with E-state index in [4.69, 9.17) is 14.9 Å². The molecule has 0 unspecified atom stereocenters. The van der Waals surface area contributed by atoms with E-state index in [1.54, 1.807) is 25.1 Å². The van der Waals surface area contributed by atoms with Crippen LogP contribution < -0.4 is 21.2 Å². The molecular weight excluding hydrogens is 408 g/mol. The van der Waals surface area contributed by atoms with Crippen molar-refractivity contribution in [2.45, 2.75) is 6.92 Å². The van der Waals surface area contributed by atoms with Gasteiger partial charge in [0.05, 0.1) is 23.7 Å². The van der Waals surface area contributed by atoms with E-state index in [0.717, 1.165) is 5.56 Å². The van der Waals surface area contributed by atoms with Crippen LogP contribution in [0.4, 0.5) is 5.69 Å². The smallest absolute Gasteiger partial charge is 0.259 e. The number of ether oxygens (including phenoxy) is 1. The van der Waals surface area contributed by atoms with Gasteiger partial charge in [0, 0.05) is 16.7 Å². The Morgan fingerprint density at radius 3 is 2.44 bits per heavy atom. The molecule has 2 amide bonds. The number of hydrogen-bond acceptors (Lipinski definition) is 5. The lowest BCUT2D eigenvalue weighted by molar-refractivity contribution is 0.0996. The van der Waals surface area contributed by atoms with E-state index >= 15 is 0 Å². The summed E-state index contributed by atoms with van der Waals surface area (Å²) in [5.74, 6) is -0.411. The van der Waals surface area contributed by atoms with Crippen molar-refractivity contribution in [3.63, 3.8) is 0 Å². The first-order valence-electron chi connectivity index (χ1n) is 9.81. The predicted octanol–water partition coefficient (Wildman–Crippen LogP) is 4.13. The number of carbonyl (C=O) groups excluding carboxylic acids is 2. The molecular formula is C25H20N2O5. The summed E-state index contributed by atoms with van der Waals surface area (Å²) in [5.41, 5.74) is 7.15. The van der Waals surface area contributed by atoms with Gasteiger partial charge in [-0.3, -0.25) is 14.4 Å². The summed E-state index contributed by atoms with van der Waals surface area (Å²) < 4.78 is 11.4. The van der Waals surface area contributed by atoms with Crippen molar-refractivity contribution in [1.29, 1.82) is 0 Å². The minimum atomic E-state index is -0.637. The number of amides is 2. The molecule has 7 nitrogen and oxygen atoms in total.